The van der Waals surface area contributed by atoms with Gasteiger partial charge in [0.05, 0.1) is 5.60 Å². The second-order valence-corrected chi connectivity index (χ2v) is 6.60. The SMILES string of the molecule is C=CCc1ccc(CCCC(O)(CCC)CCC)cc1/C=C\C. The van der Waals surface area contributed by atoms with Gasteiger partial charge in [0.15, 0.2) is 0 Å². The predicted molar refractivity (Wildman–Crippen MR) is 103 cm³/mol. The molecule has 1 N–H and O–H groups in total. The smallest absolute Gasteiger partial charge is 0.0647 e. The molecular weight excluding hydrogens is 280 g/mol. The lowest BCUT2D eigenvalue weighted by Gasteiger charge is -2.27. The summed E-state index contributed by atoms with van der Waals surface area (Å²) in [7, 11) is 0. The Kier molecular flexibility index (Phi) is 8.94. The molecule has 0 fully saturated rings. The molecule has 1 nitrogen and oxygen atoms in total. The molecule has 0 saturated carbocycles. The van der Waals surface area contributed by atoms with Crippen molar-refractivity contribution in [2.75, 3.05) is 0 Å². The van der Waals surface area contributed by atoms with E-state index in [1.807, 2.05) is 6.08 Å². The Balaban J connectivity index is 2.70. The summed E-state index contributed by atoms with van der Waals surface area (Å²) < 4.78 is 0. The van der Waals surface area contributed by atoms with Crippen LogP contribution in [0.25, 0.3) is 6.08 Å². The summed E-state index contributed by atoms with van der Waals surface area (Å²) in [5.41, 5.74) is 3.53. The minimum Gasteiger partial charge on any atom is -0.390 e. The van der Waals surface area contributed by atoms with Crippen LogP contribution in [-0.2, 0) is 12.8 Å². The van der Waals surface area contributed by atoms with Crippen LogP contribution in [0.1, 0.15) is 76.0 Å². The van der Waals surface area contributed by atoms with E-state index in [0.717, 1.165) is 51.4 Å². The standard InChI is InChI=1S/C22H34O/c1-5-10-20-14-13-19(18-21(20)11-6-2)12-9-17-22(23,15-7-3)16-8-4/h5-6,11,13-14,18,23H,1,7-10,12,15-17H2,2-4H3/b11-6-. The van der Waals surface area contributed by atoms with Gasteiger partial charge < -0.3 is 5.11 Å². The first-order valence-electron chi connectivity index (χ1n) is 9.16. The number of allylic oxidation sites excluding steroid dienone is 2. The van der Waals surface area contributed by atoms with Crippen molar-refractivity contribution in [3.8, 4) is 0 Å². The maximum atomic E-state index is 10.7. The summed E-state index contributed by atoms with van der Waals surface area (Å²) in [6.07, 6.45) is 14.1. The molecule has 0 spiro atoms. The molecule has 0 radical (unpaired) electrons. The van der Waals surface area contributed by atoms with E-state index in [-0.39, 0.29) is 0 Å². The topological polar surface area (TPSA) is 20.2 Å². The molecule has 0 unspecified atom stereocenters. The molecule has 1 aromatic carbocycles. The van der Waals surface area contributed by atoms with E-state index in [9.17, 15) is 5.11 Å². The van der Waals surface area contributed by atoms with Crippen molar-refractivity contribution in [3.05, 3.63) is 53.6 Å². The highest BCUT2D eigenvalue weighted by molar-refractivity contribution is 5.55. The Morgan fingerprint density at radius 2 is 1.83 bits per heavy atom. The van der Waals surface area contributed by atoms with Crippen LogP contribution >= 0.6 is 0 Å². The summed E-state index contributed by atoms with van der Waals surface area (Å²) in [5, 5.41) is 10.7. The Hall–Kier alpha value is -1.34. The summed E-state index contributed by atoms with van der Waals surface area (Å²) >= 11 is 0. The molecule has 0 atom stereocenters. The molecule has 0 heterocycles. The van der Waals surface area contributed by atoms with Crippen molar-refractivity contribution in [2.24, 2.45) is 0 Å². The number of benzene rings is 1. The highest BCUT2D eigenvalue weighted by Gasteiger charge is 2.23. The van der Waals surface area contributed by atoms with Gasteiger partial charge in [-0.25, -0.2) is 0 Å². The average molecular weight is 315 g/mol. The third-order valence-corrected chi connectivity index (χ3v) is 4.46. The number of hydrogen-bond acceptors (Lipinski definition) is 1. The number of rotatable bonds is 11. The van der Waals surface area contributed by atoms with Gasteiger partial charge in [-0.3, -0.25) is 0 Å². The lowest BCUT2D eigenvalue weighted by atomic mass is 9.86. The fourth-order valence-electron chi connectivity index (χ4n) is 3.40. The van der Waals surface area contributed by atoms with Gasteiger partial charge >= 0.3 is 0 Å². The van der Waals surface area contributed by atoms with Crippen molar-refractivity contribution in [1.82, 2.24) is 0 Å². The molecule has 23 heavy (non-hydrogen) atoms. The summed E-state index contributed by atoms with van der Waals surface area (Å²) in [5.74, 6) is 0. The van der Waals surface area contributed by atoms with Crippen molar-refractivity contribution < 1.29 is 5.11 Å². The van der Waals surface area contributed by atoms with Crippen LogP contribution in [0.4, 0.5) is 0 Å². The van der Waals surface area contributed by atoms with E-state index in [2.05, 4.69) is 57.7 Å². The van der Waals surface area contributed by atoms with E-state index < -0.39 is 5.60 Å². The van der Waals surface area contributed by atoms with Crippen LogP contribution < -0.4 is 0 Å². The molecule has 1 heteroatoms. The first-order chi connectivity index (χ1) is 11.1. The minimum atomic E-state index is -0.460. The molecule has 0 saturated heterocycles. The molecule has 0 amide bonds. The molecule has 0 aliphatic rings. The molecule has 1 aromatic rings. The van der Waals surface area contributed by atoms with Gasteiger partial charge in [0, 0.05) is 0 Å². The van der Waals surface area contributed by atoms with E-state index in [1.54, 1.807) is 0 Å². The third-order valence-electron chi connectivity index (χ3n) is 4.46. The summed E-state index contributed by atoms with van der Waals surface area (Å²) in [6, 6.07) is 6.73. The Bertz CT molecular complexity index is 493. The van der Waals surface area contributed by atoms with Gasteiger partial charge in [0.2, 0.25) is 0 Å². The van der Waals surface area contributed by atoms with Crippen LogP contribution in [0.5, 0.6) is 0 Å². The van der Waals surface area contributed by atoms with Gasteiger partial charge in [-0.1, -0.05) is 63.1 Å². The van der Waals surface area contributed by atoms with E-state index in [1.165, 1.54) is 16.7 Å². The third kappa shape index (κ3) is 6.74. The monoisotopic (exact) mass is 314 g/mol. The second-order valence-electron chi connectivity index (χ2n) is 6.60. The van der Waals surface area contributed by atoms with E-state index in [4.69, 9.17) is 0 Å². The summed E-state index contributed by atoms with van der Waals surface area (Å²) in [6.45, 7) is 10.2. The van der Waals surface area contributed by atoms with Crippen LogP contribution in [0.3, 0.4) is 0 Å². The predicted octanol–water partition coefficient (Wildman–Crippen LogP) is 6.10. The van der Waals surface area contributed by atoms with Gasteiger partial charge in [-0.05, 0) is 62.1 Å². The highest BCUT2D eigenvalue weighted by Crippen LogP contribution is 2.26. The Labute approximate surface area is 143 Å². The second kappa shape index (κ2) is 10.4. The van der Waals surface area contributed by atoms with Gasteiger partial charge in [-0.15, -0.1) is 6.58 Å². The van der Waals surface area contributed by atoms with Crippen LogP contribution in [0, 0.1) is 0 Å². The van der Waals surface area contributed by atoms with Crippen LogP contribution in [0.2, 0.25) is 0 Å². The normalized spacial score (nSPS) is 12.0. The number of aliphatic hydroxyl groups is 1. The average Bonchev–Trinajstić information content (AvgIpc) is 2.50. The lowest BCUT2D eigenvalue weighted by molar-refractivity contribution is 0.0112. The molecule has 0 aliphatic heterocycles. The number of aryl methyl sites for hydroxylation is 1. The van der Waals surface area contributed by atoms with Crippen molar-refractivity contribution in [1.29, 1.82) is 0 Å². The zero-order valence-corrected chi connectivity index (χ0v) is 15.3. The fourth-order valence-corrected chi connectivity index (χ4v) is 3.40. The largest absolute Gasteiger partial charge is 0.390 e. The van der Waals surface area contributed by atoms with Crippen LogP contribution in [0.15, 0.2) is 36.9 Å². The molecule has 0 bridgehead atoms. The van der Waals surface area contributed by atoms with Gasteiger partial charge in [-0.2, -0.15) is 0 Å². The first-order valence-corrected chi connectivity index (χ1v) is 9.16. The Morgan fingerprint density at radius 3 is 2.39 bits per heavy atom. The molecule has 0 aromatic heterocycles. The summed E-state index contributed by atoms with van der Waals surface area (Å²) in [4.78, 5) is 0. The number of hydrogen-bond donors (Lipinski definition) is 1. The minimum absolute atomic E-state index is 0.460. The Morgan fingerprint density at radius 1 is 1.13 bits per heavy atom. The maximum Gasteiger partial charge on any atom is 0.0647 e. The van der Waals surface area contributed by atoms with Gasteiger partial charge in [0.1, 0.15) is 0 Å². The van der Waals surface area contributed by atoms with Crippen LogP contribution in [-0.4, -0.2) is 10.7 Å². The fraction of sp³-hybridized carbons (Fsp3) is 0.545. The lowest BCUT2D eigenvalue weighted by Crippen LogP contribution is -2.28. The van der Waals surface area contributed by atoms with Crippen molar-refractivity contribution in [3.63, 3.8) is 0 Å². The van der Waals surface area contributed by atoms with Crippen molar-refractivity contribution in [2.45, 2.75) is 77.7 Å². The van der Waals surface area contributed by atoms with Crippen molar-refractivity contribution >= 4 is 6.08 Å². The molecule has 128 valence electrons. The highest BCUT2D eigenvalue weighted by atomic mass is 16.3. The quantitative estimate of drug-likeness (QED) is 0.489. The first kappa shape index (κ1) is 19.7. The zero-order valence-electron chi connectivity index (χ0n) is 15.3. The maximum absolute atomic E-state index is 10.7. The van der Waals surface area contributed by atoms with Gasteiger partial charge in [0.25, 0.3) is 0 Å². The molecule has 0 aliphatic carbocycles. The van der Waals surface area contributed by atoms with E-state index in [0.29, 0.717) is 0 Å². The van der Waals surface area contributed by atoms with E-state index >= 15 is 0 Å². The zero-order chi connectivity index (χ0) is 17.1. The molecule has 1 rings (SSSR count). The molecular formula is C22H34O.